The van der Waals surface area contributed by atoms with Crippen LogP contribution in [0, 0.1) is 0 Å². The van der Waals surface area contributed by atoms with Gasteiger partial charge in [0.2, 0.25) is 0 Å². The number of ether oxygens (including phenoxy) is 1. The van der Waals surface area contributed by atoms with Crippen LogP contribution in [0.1, 0.15) is 36.0 Å². The minimum absolute atomic E-state index is 0.0169. The van der Waals surface area contributed by atoms with Crippen molar-refractivity contribution in [1.82, 2.24) is 9.55 Å². The zero-order valence-corrected chi connectivity index (χ0v) is 10.8. The highest BCUT2D eigenvalue weighted by atomic mass is 19.3. The molecule has 1 aliphatic carbocycles. The van der Waals surface area contributed by atoms with Crippen molar-refractivity contribution in [3.05, 3.63) is 47.5 Å². The zero-order valence-electron chi connectivity index (χ0n) is 10.8. The first-order valence-corrected chi connectivity index (χ1v) is 6.47. The molecule has 0 amide bonds. The molecule has 0 spiro atoms. The molecule has 106 valence electrons. The second kappa shape index (κ2) is 5.20. The van der Waals surface area contributed by atoms with Crippen molar-refractivity contribution in [1.29, 1.82) is 0 Å². The number of alkyl halides is 2. The summed E-state index contributed by atoms with van der Waals surface area (Å²) in [4.78, 5) is 3.89. The lowest BCUT2D eigenvalue weighted by Gasteiger charge is -2.12. The Morgan fingerprint density at radius 3 is 3.10 bits per heavy atom. The molecular formula is C14H15F2N3O. The molecule has 1 aromatic heterocycles. The van der Waals surface area contributed by atoms with E-state index in [1.165, 1.54) is 12.4 Å². The van der Waals surface area contributed by atoms with Crippen LogP contribution in [-0.4, -0.2) is 9.55 Å². The van der Waals surface area contributed by atoms with Gasteiger partial charge in [-0.15, -0.1) is 0 Å². The molecule has 1 heterocycles. The van der Waals surface area contributed by atoms with Crippen molar-refractivity contribution in [3.63, 3.8) is 0 Å². The van der Waals surface area contributed by atoms with E-state index in [-0.39, 0.29) is 18.5 Å². The van der Waals surface area contributed by atoms with E-state index in [1.54, 1.807) is 0 Å². The summed E-state index contributed by atoms with van der Waals surface area (Å²) in [5.74, 6) is 0.916. The highest BCUT2D eigenvalue weighted by Gasteiger charge is 2.22. The summed E-state index contributed by atoms with van der Waals surface area (Å²) in [7, 11) is 0. The molecule has 0 saturated heterocycles. The van der Waals surface area contributed by atoms with Crippen LogP contribution in [0.3, 0.4) is 0 Å². The number of aromatic nitrogens is 2. The molecular weight excluding hydrogens is 264 g/mol. The second-order valence-corrected chi connectivity index (χ2v) is 4.79. The van der Waals surface area contributed by atoms with Gasteiger partial charge >= 0.3 is 6.55 Å². The molecule has 1 aromatic carbocycles. The smallest absolute Gasteiger partial charge is 0.320 e. The van der Waals surface area contributed by atoms with Crippen molar-refractivity contribution in [2.45, 2.75) is 32.0 Å². The standard InChI is InChI=1S/C14H15F2N3O/c15-14(16)19-7-6-18-13(19)8-20-12-3-1-2-9-10(12)4-5-11(9)17/h1-3,6-7,11,14H,4-5,8,17H2. The van der Waals surface area contributed by atoms with Crippen LogP contribution in [0.2, 0.25) is 0 Å². The van der Waals surface area contributed by atoms with E-state index in [0.29, 0.717) is 5.75 Å². The number of hydrogen-bond acceptors (Lipinski definition) is 3. The van der Waals surface area contributed by atoms with E-state index in [4.69, 9.17) is 10.5 Å². The van der Waals surface area contributed by atoms with Crippen molar-refractivity contribution in [2.75, 3.05) is 0 Å². The maximum atomic E-state index is 12.7. The average Bonchev–Trinajstić information content (AvgIpc) is 3.04. The van der Waals surface area contributed by atoms with Gasteiger partial charge in [-0.2, -0.15) is 8.78 Å². The lowest BCUT2D eigenvalue weighted by atomic mass is 10.1. The monoisotopic (exact) mass is 279 g/mol. The largest absolute Gasteiger partial charge is 0.485 e. The molecule has 0 aliphatic heterocycles. The van der Waals surface area contributed by atoms with E-state index in [0.717, 1.165) is 28.5 Å². The summed E-state index contributed by atoms with van der Waals surface area (Å²) in [6, 6.07) is 5.74. The van der Waals surface area contributed by atoms with Crippen LogP contribution in [0.5, 0.6) is 5.75 Å². The average molecular weight is 279 g/mol. The number of rotatable bonds is 4. The molecule has 20 heavy (non-hydrogen) atoms. The molecule has 1 unspecified atom stereocenters. The first-order valence-electron chi connectivity index (χ1n) is 6.47. The van der Waals surface area contributed by atoms with Gasteiger partial charge in [-0.25, -0.2) is 4.98 Å². The van der Waals surface area contributed by atoms with Crippen LogP contribution in [-0.2, 0) is 13.0 Å². The van der Waals surface area contributed by atoms with Crippen molar-refractivity contribution in [2.24, 2.45) is 5.73 Å². The van der Waals surface area contributed by atoms with E-state index in [9.17, 15) is 8.78 Å². The fourth-order valence-corrected chi connectivity index (χ4v) is 2.56. The lowest BCUT2D eigenvalue weighted by molar-refractivity contribution is 0.0632. The van der Waals surface area contributed by atoms with Gasteiger partial charge < -0.3 is 10.5 Å². The van der Waals surface area contributed by atoms with Gasteiger partial charge in [0.05, 0.1) is 0 Å². The summed E-state index contributed by atoms with van der Waals surface area (Å²) in [5, 5.41) is 0. The van der Waals surface area contributed by atoms with Crippen LogP contribution < -0.4 is 10.5 Å². The molecule has 1 aliphatic rings. The Kier molecular flexibility index (Phi) is 3.40. The summed E-state index contributed by atoms with van der Waals surface area (Å²) in [6.07, 6.45) is 4.34. The molecule has 6 heteroatoms. The fourth-order valence-electron chi connectivity index (χ4n) is 2.56. The Labute approximate surface area is 115 Å². The molecule has 2 aromatic rings. The van der Waals surface area contributed by atoms with Gasteiger partial charge in [-0.05, 0) is 30.0 Å². The molecule has 0 radical (unpaired) electrons. The van der Waals surface area contributed by atoms with Crippen LogP contribution in [0.4, 0.5) is 8.78 Å². The SMILES string of the molecule is NC1CCc2c(OCc3nccn3C(F)F)cccc21. The number of hydrogen-bond donors (Lipinski definition) is 1. The minimum atomic E-state index is -2.61. The Morgan fingerprint density at radius 2 is 2.30 bits per heavy atom. The number of nitrogens with two attached hydrogens (primary N) is 1. The molecule has 4 nitrogen and oxygen atoms in total. The van der Waals surface area contributed by atoms with E-state index < -0.39 is 6.55 Å². The van der Waals surface area contributed by atoms with Gasteiger partial charge in [0.1, 0.15) is 12.4 Å². The molecule has 2 N–H and O–H groups in total. The van der Waals surface area contributed by atoms with Gasteiger partial charge in [-0.3, -0.25) is 4.57 Å². The molecule has 1 atom stereocenters. The number of imidazole rings is 1. The maximum Gasteiger partial charge on any atom is 0.320 e. The van der Waals surface area contributed by atoms with Crippen molar-refractivity contribution in [3.8, 4) is 5.75 Å². The summed E-state index contributed by atoms with van der Waals surface area (Å²) >= 11 is 0. The predicted molar refractivity (Wildman–Crippen MR) is 69.5 cm³/mol. The molecule has 0 bridgehead atoms. The lowest BCUT2D eigenvalue weighted by Crippen LogP contribution is -2.08. The second-order valence-electron chi connectivity index (χ2n) is 4.79. The van der Waals surface area contributed by atoms with Gasteiger partial charge in [0.25, 0.3) is 0 Å². The molecule has 0 fully saturated rings. The Bertz CT molecular complexity index is 612. The highest BCUT2D eigenvalue weighted by Crippen LogP contribution is 2.35. The number of benzene rings is 1. The summed E-state index contributed by atoms with van der Waals surface area (Å²) < 4.78 is 31.9. The third kappa shape index (κ3) is 2.27. The fraction of sp³-hybridized carbons (Fsp3) is 0.357. The zero-order chi connectivity index (χ0) is 14.1. The Balaban J connectivity index is 1.78. The first-order chi connectivity index (χ1) is 9.66. The predicted octanol–water partition coefficient (Wildman–Crippen LogP) is 2.80. The van der Waals surface area contributed by atoms with Gasteiger partial charge in [0, 0.05) is 18.4 Å². The Morgan fingerprint density at radius 1 is 1.45 bits per heavy atom. The van der Waals surface area contributed by atoms with E-state index in [1.807, 2.05) is 18.2 Å². The van der Waals surface area contributed by atoms with E-state index >= 15 is 0 Å². The van der Waals surface area contributed by atoms with Crippen LogP contribution in [0.25, 0.3) is 0 Å². The Hall–Kier alpha value is -1.95. The third-order valence-electron chi connectivity index (χ3n) is 3.59. The molecule has 3 rings (SSSR count). The van der Waals surface area contributed by atoms with Crippen LogP contribution >= 0.6 is 0 Å². The highest BCUT2D eigenvalue weighted by molar-refractivity contribution is 5.44. The third-order valence-corrected chi connectivity index (χ3v) is 3.59. The van der Waals surface area contributed by atoms with Crippen molar-refractivity contribution >= 4 is 0 Å². The van der Waals surface area contributed by atoms with Crippen molar-refractivity contribution < 1.29 is 13.5 Å². The molecule has 0 saturated carbocycles. The van der Waals surface area contributed by atoms with E-state index in [2.05, 4.69) is 4.98 Å². The van der Waals surface area contributed by atoms with Gasteiger partial charge in [-0.1, -0.05) is 12.1 Å². The first kappa shape index (κ1) is 13.1. The number of nitrogens with zero attached hydrogens (tertiary/aromatic N) is 2. The quantitative estimate of drug-likeness (QED) is 0.936. The minimum Gasteiger partial charge on any atom is -0.485 e. The summed E-state index contributed by atoms with van der Waals surface area (Å²) in [6.45, 7) is -2.59. The van der Waals surface area contributed by atoms with Gasteiger partial charge in [0.15, 0.2) is 5.82 Å². The van der Waals surface area contributed by atoms with Crippen LogP contribution in [0.15, 0.2) is 30.6 Å². The number of fused-ring (bicyclic) bond motifs is 1. The normalized spacial score (nSPS) is 17.5. The topological polar surface area (TPSA) is 53.1 Å². The summed E-state index contributed by atoms with van der Waals surface area (Å²) in [5.41, 5.74) is 8.16. The number of halogens is 2. The maximum absolute atomic E-state index is 12.7.